The molecule has 1 aromatic heterocycles. The molecule has 17 heavy (non-hydrogen) atoms. The molecule has 1 unspecified atom stereocenters. The van der Waals surface area contributed by atoms with Crippen LogP contribution in [0.2, 0.25) is 0 Å². The first kappa shape index (κ1) is 12.1. The van der Waals surface area contributed by atoms with Crippen molar-refractivity contribution in [1.82, 2.24) is 5.32 Å². The zero-order valence-electron chi connectivity index (χ0n) is 9.53. The van der Waals surface area contributed by atoms with Crippen molar-refractivity contribution < 1.29 is 4.79 Å². The lowest BCUT2D eigenvalue weighted by atomic mass is 9.96. The number of thiophene rings is 1. The van der Waals surface area contributed by atoms with Gasteiger partial charge in [0.2, 0.25) is 5.91 Å². The Morgan fingerprint density at radius 3 is 3.29 bits per heavy atom. The summed E-state index contributed by atoms with van der Waals surface area (Å²) in [7, 11) is 0. The van der Waals surface area contributed by atoms with Crippen LogP contribution in [-0.2, 0) is 4.79 Å². The third-order valence-corrected chi connectivity index (χ3v) is 3.74. The van der Waals surface area contributed by atoms with Crippen LogP contribution in [0.5, 0.6) is 0 Å². The molecule has 5 heteroatoms. The van der Waals surface area contributed by atoms with Crippen molar-refractivity contribution in [2.75, 3.05) is 18.4 Å². The van der Waals surface area contributed by atoms with E-state index in [0.717, 1.165) is 25.9 Å². The van der Waals surface area contributed by atoms with Gasteiger partial charge in [-0.15, -0.1) is 11.3 Å². The third kappa shape index (κ3) is 3.29. The highest BCUT2D eigenvalue weighted by Crippen LogP contribution is 2.23. The van der Waals surface area contributed by atoms with Gasteiger partial charge in [0.15, 0.2) is 0 Å². The number of amides is 1. The van der Waals surface area contributed by atoms with Crippen molar-refractivity contribution in [3.8, 4) is 6.07 Å². The Balaban J connectivity index is 1.87. The van der Waals surface area contributed by atoms with E-state index < -0.39 is 0 Å². The average Bonchev–Trinajstić information content (AvgIpc) is 2.77. The summed E-state index contributed by atoms with van der Waals surface area (Å²) < 4.78 is 0. The van der Waals surface area contributed by atoms with Crippen LogP contribution in [0.15, 0.2) is 11.4 Å². The molecule has 2 rings (SSSR count). The minimum atomic E-state index is 0.0117. The molecular formula is C12H15N3OS. The van der Waals surface area contributed by atoms with Crippen LogP contribution in [0, 0.1) is 17.2 Å². The number of rotatable bonds is 3. The number of nitriles is 1. The number of anilines is 1. The maximum atomic E-state index is 11.8. The largest absolute Gasteiger partial charge is 0.317 e. The molecule has 0 saturated carbocycles. The first-order chi connectivity index (χ1) is 8.29. The van der Waals surface area contributed by atoms with Gasteiger partial charge in [-0.1, -0.05) is 0 Å². The second-order valence-corrected chi connectivity index (χ2v) is 5.16. The van der Waals surface area contributed by atoms with Gasteiger partial charge in [0, 0.05) is 6.42 Å². The predicted octanol–water partition coefficient (Wildman–Crippen LogP) is 1.95. The highest BCUT2D eigenvalue weighted by atomic mass is 32.1. The van der Waals surface area contributed by atoms with Crippen LogP contribution < -0.4 is 10.6 Å². The van der Waals surface area contributed by atoms with Gasteiger partial charge in [0.25, 0.3) is 0 Å². The van der Waals surface area contributed by atoms with Crippen molar-refractivity contribution >= 4 is 22.2 Å². The van der Waals surface area contributed by atoms with Crippen LogP contribution in [-0.4, -0.2) is 19.0 Å². The summed E-state index contributed by atoms with van der Waals surface area (Å²) in [4.78, 5) is 11.8. The van der Waals surface area contributed by atoms with Gasteiger partial charge in [-0.2, -0.15) is 5.26 Å². The molecule has 2 N–H and O–H groups in total. The summed E-state index contributed by atoms with van der Waals surface area (Å²) in [6.07, 6.45) is 2.78. The van der Waals surface area contributed by atoms with E-state index in [9.17, 15) is 4.79 Å². The van der Waals surface area contributed by atoms with Gasteiger partial charge in [-0.25, -0.2) is 0 Å². The van der Waals surface area contributed by atoms with Crippen molar-refractivity contribution in [3.63, 3.8) is 0 Å². The Kier molecular flexibility index (Phi) is 4.13. The molecular weight excluding hydrogens is 234 g/mol. The van der Waals surface area contributed by atoms with E-state index in [1.165, 1.54) is 11.3 Å². The fraction of sp³-hybridized carbons (Fsp3) is 0.500. The normalized spacial score (nSPS) is 19.6. The van der Waals surface area contributed by atoms with Crippen molar-refractivity contribution in [2.24, 2.45) is 5.92 Å². The maximum absolute atomic E-state index is 11.8. The number of piperidine rings is 1. The number of hydrogen-bond acceptors (Lipinski definition) is 4. The number of nitrogens with one attached hydrogen (secondary N) is 2. The molecule has 1 aliphatic rings. The second kappa shape index (κ2) is 5.80. The molecule has 0 bridgehead atoms. The fourth-order valence-corrected chi connectivity index (χ4v) is 2.79. The molecule has 1 amide bonds. The maximum Gasteiger partial charge on any atom is 0.225 e. The first-order valence-corrected chi connectivity index (χ1v) is 6.65. The molecule has 1 saturated heterocycles. The lowest BCUT2D eigenvalue weighted by Gasteiger charge is -2.21. The average molecular weight is 249 g/mol. The quantitative estimate of drug-likeness (QED) is 0.860. The first-order valence-electron chi connectivity index (χ1n) is 5.77. The Hall–Kier alpha value is -1.38. The van der Waals surface area contributed by atoms with Crippen LogP contribution in [0.4, 0.5) is 5.00 Å². The van der Waals surface area contributed by atoms with Crippen molar-refractivity contribution in [2.45, 2.75) is 19.3 Å². The molecule has 0 spiro atoms. The standard InChI is InChI=1S/C12H15N3OS/c13-7-10-3-5-17-12(10)15-11(16)6-9-2-1-4-14-8-9/h3,5,9,14H,1-2,4,6,8H2,(H,15,16). The van der Waals surface area contributed by atoms with E-state index in [2.05, 4.69) is 16.7 Å². The summed E-state index contributed by atoms with van der Waals surface area (Å²) in [5.74, 6) is 0.437. The zero-order valence-corrected chi connectivity index (χ0v) is 10.3. The van der Waals surface area contributed by atoms with Gasteiger partial charge < -0.3 is 10.6 Å². The number of carbonyl (C=O) groups excluding carboxylic acids is 1. The molecule has 0 aromatic carbocycles. The van der Waals surface area contributed by atoms with Crippen LogP contribution in [0.25, 0.3) is 0 Å². The number of nitrogens with zero attached hydrogens (tertiary/aromatic N) is 1. The molecule has 1 atom stereocenters. The summed E-state index contributed by atoms with van der Waals surface area (Å²) in [5, 5.41) is 17.4. The highest BCUT2D eigenvalue weighted by molar-refractivity contribution is 7.14. The van der Waals surface area contributed by atoms with Gasteiger partial charge in [0.05, 0.1) is 5.56 Å². The smallest absolute Gasteiger partial charge is 0.225 e. The van der Waals surface area contributed by atoms with E-state index in [0.29, 0.717) is 22.9 Å². The van der Waals surface area contributed by atoms with Crippen molar-refractivity contribution in [1.29, 1.82) is 5.26 Å². The number of carbonyl (C=O) groups is 1. The highest BCUT2D eigenvalue weighted by Gasteiger charge is 2.17. The van der Waals surface area contributed by atoms with Crippen molar-refractivity contribution in [3.05, 3.63) is 17.0 Å². The van der Waals surface area contributed by atoms with Gasteiger partial charge in [0.1, 0.15) is 11.1 Å². The third-order valence-electron chi connectivity index (χ3n) is 2.91. The van der Waals surface area contributed by atoms with Gasteiger partial charge in [-0.05, 0) is 43.3 Å². The topological polar surface area (TPSA) is 64.9 Å². The van der Waals surface area contributed by atoms with Gasteiger partial charge in [-0.3, -0.25) is 4.79 Å². The Morgan fingerprint density at radius 2 is 2.59 bits per heavy atom. The van der Waals surface area contributed by atoms with Crippen LogP contribution in [0.3, 0.4) is 0 Å². The Bertz CT molecular complexity index is 429. The van der Waals surface area contributed by atoms with E-state index in [-0.39, 0.29) is 5.91 Å². The molecule has 0 radical (unpaired) electrons. The minimum Gasteiger partial charge on any atom is -0.317 e. The number of hydrogen-bond donors (Lipinski definition) is 2. The molecule has 1 fully saturated rings. The molecule has 0 aliphatic carbocycles. The molecule has 1 aromatic rings. The second-order valence-electron chi connectivity index (χ2n) is 4.24. The summed E-state index contributed by atoms with van der Waals surface area (Å²) >= 11 is 1.39. The molecule has 2 heterocycles. The molecule has 90 valence electrons. The fourth-order valence-electron chi connectivity index (χ4n) is 2.03. The van der Waals surface area contributed by atoms with Gasteiger partial charge >= 0.3 is 0 Å². The zero-order chi connectivity index (χ0) is 12.1. The monoisotopic (exact) mass is 249 g/mol. The predicted molar refractivity (Wildman–Crippen MR) is 67.9 cm³/mol. The van der Waals surface area contributed by atoms with Crippen LogP contribution >= 0.6 is 11.3 Å². The molecule has 1 aliphatic heterocycles. The minimum absolute atomic E-state index is 0.0117. The summed E-state index contributed by atoms with van der Waals surface area (Å²) in [6.45, 7) is 1.98. The summed E-state index contributed by atoms with van der Waals surface area (Å²) in [6, 6.07) is 3.79. The van der Waals surface area contributed by atoms with E-state index in [1.54, 1.807) is 6.07 Å². The van der Waals surface area contributed by atoms with E-state index >= 15 is 0 Å². The van der Waals surface area contributed by atoms with Crippen LogP contribution in [0.1, 0.15) is 24.8 Å². The lowest BCUT2D eigenvalue weighted by Crippen LogP contribution is -2.32. The summed E-state index contributed by atoms with van der Waals surface area (Å²) in [5.41, 5.74) is 0.546. The Labute approximate surface area is 105 Å². The Morgan fingerprint density at radius 1 is 1.71 bits per heavy atom. The molecule has 4 nitrogen and oxygen atoms in total. The van der Waals surface area contributed by atoms with E-state index in [4.69, 9.17) is 5.26 Å². The lowest BCUT2D eigenvalue weighted by molar-refractivity contribution is -0.117. The van der Waals surface area contributed by atoms with E-state index in [1.807, 2.05) is 5.38 Å². The SMILES string of the molecule is N#Cc1ccsc1NC(=O)CC1CCCNC1.